The van der Waals surface area contributed by atoms with Gasteiger partial charge in [-0.1, -0.05) is 22.9 Å². The molecule has 2 aromatic carbocycles. The highest BCUT2D eigenvalue weighted by Gasteiger charge is 2.35. The van der Waals surface area contributed by atoms with Crippen LogP contribution in [0.25, 0.3) is 6.08 Å². The van der Waals surface area contributed by atoms with Crippen molar-refractivity contribution in [2.24, 2.45) is 4.99 Å². The lowest BCUT2D eigenvalue weighted by atomic mass is 9.95. The van der Waals surface area contributed by atoms with Crippen molar-refractivity contribution in [3.05, 3.63) is 83.5 Å². The third-order valence-corrected chi connectivity index (χ3v) is 6.85. The molecule has 0 fully saturated rings. The monoisotopic (exact) mass is 514 g/mol. The van der Waals surface area contributed by atoms with Crippen LogP contribution in [0, 0.1) is 0 Å². The molecule has 0 aliphatic carbocycles. The molecule has 10 heteroatoms. The van der Waals surface area contributed by atoms with Gasteiger partial charge in [0.1, 0.15) is 23.3 Å². The second kappa shape index (κ2) is 9.97. The fourth-order valence-corrected chi connectivity index (χ4v) is 5.22. The highest BCUT2D eigenvalue weighted by atomic mass is 35.5. The van der Waals surface area contributed by atoms with Gasteiger partial charge in [-0.2, -0.15) is 0 Å². The number of esters is 1. The van der Waals surface area contributed by atoms with E-state index in [1.54, 1.807) is 63.6 Å². The molecule has 0 radical (unpaired) electrons. The highest BCUT2D eigenvalue weighted by molar-refractivity contribution is 7.07. The van der Waals surface area contributed by atoms with Gasteiger partial charge in [0, 0.05) is 16.1 Å². The van der Waals surface area contributed by atoms with Crippen molar-refractivity contribution in [2.45, 2.75) is 13.0 Å². The van der Waals surface area contributed by atoms with Crippen LogP contribution in [0.15, 0.2) is 57.5 Å². The number of hydrogen-bond acceptors (Lipinski definition) is 8. The van der Waals surface area contributed by atoms with E-state index >= 15 is 0 Å². The summed E-state index contributed by atoms with van der Waals surface area (Å²) in [6.07, 6.45) is 1.72. The Balaban J connectivity index is 2.03. The Bertz CT molecular complexity index is 1520. The SMILES string of the molecule is COC(=O)C1=C(C)N=c2s/c(=C\c3cc(OC)ccc3OC)c(=O)n2[C@H]1c1cc(Cl)ccc1OC. The number of thiazole rings is 1. The smallest absolute Gasteiger partial charge is 0.338 e. The van der Waals surface area contributed by atoms with Crippen LogP contribution in [-0.4, -0.2) is 39.0 Å². The molecule has 1 aromatic heterocycles. The van der Waals surface area contributed by atoms with Gasteiger partial charge in [-0.3, -0.25) is 9.36 Å². The van der Waals surface area contributed by atoms with E-state index in [2.05, 4.69) is 4.99 Å². The number of hydrogen-bond donors (Lipinski definition) is 0. The zero-order valence-electron chi connectivity index (χ0n) is 19.7. The van der Waals surface area contributed by atoms with Crippen LogP contribution in [0.1, 0.15) is 24.1 Å². The normalized spacial score (nSPS) is 15.4. The molecule has 0 N–H and O–H groups in total. The minimum Gasteiger partial charge on any atom is -0.497 e. The molecule has 0 saturated carbocycles. The van der Waals surface area contributed by atoms with Gasteiger partial charge < -0.3 is 18.9 Å². The van der Waals surface area contributed by atoms with Crippen LogP contribution >= 0.6 is 22.9 Å². The lowest BCUT2D eigenvalue weighted by Crippen LogP contribution is -2.40. The quantitative estimate of drug-likeness (QED) is 0.470. The van der Waals surface area contributed by atoms with Crippen molar-refractivity contribution in [2.75, 3.05) is 28.4 Å². The Kier molecular flexibility index (Phi) is 7.00. The van der Waals surface area contributed by atoms with Crippen LogP contribution in [0.5, 0.6) is 17.2 Å². The maximum atomic E-state index is 13.8. The van der Waals surface area contributed by atoms with Gasteiger partial charge in [0.2, 0.25) is 0 Å². The lowest BCUT2D eigenvalue weighted by Gasteiger charge is -2.25. The van der Waals surface area contributed by atoms with Gasteiger partial charge in [-0.25, -0.2) is 9.79 Å². The second-order valence-corrected chi connectivity index (χ2v) is 9.01. The first kappa shape index (κ1) is 24.6. The number of rotatable bonds is 6. The number of aromatic nitrogens is 1. The summed E-state index contributed by atoms with van der Waals surface area (Å²) in [5.74, 6) is 1.08. The van der Waals surface area contributed by atoms with Gasteiger partial charge in [-0.05, 0) is 49.4 Å². The van der Waals surface area contributed by atoms with Gasteiger partial charge >= 0.3 is 5.97 Å². The van der Waals surface area contributed by atoms with Gasteiger partial charge in [0.05, 0.1) is 44.2 Å². The molecule has 8 nitrogen and oxygen atoms in total. The van der Waals surface area contributed by atoms with Crippen LogP contribution in [0.2, 0.25) is 5.02 Å². The third-order valence-electron chi connectivity index (χ3n) is 5.64. The first-order valence-electron chi connectivity index (χ1n) is 10.5. The standard InChI is InChI=1S/C25H23ClN2O6S/c1-13-21(24(30)34-5)22(17-12-15(26)6-8-19(17)33-4)28-23(29)20(35-25(28)27-13)11-14-10-16(31-2)7-9-18(14)32-3/h6-12,22H,1-5H3/b20-11-/t22-/m0/s1. The van der Waals surface area contributed by atoms with Crippen molar-refractivity contribution in [1.29, 1.82) is 0 Å². The van der Waals surface area contributed by atoms with E-state index in [4.69, 9.17) is 30.5 Å². The van der Waals surface area contributed by atoms with Crippen LogP contribution < -0.4 is 29.1 Å². The third kappa shape index (κ3) is 4.44. The van der Waals surface area contributed by atoms with E-state index in [1.807, 2.05) is 0 Å². The van der Waals surface area contributed by atoms with Crippen molar-refractivity contribution in [3.8, 4) is 17.2 Å². The summed E-state index contributed by atoms with van der Waals surface area (Å²) < 4.78 is 23.3. The van der Waals surface area contributed by atoms with Crippen LogP contribution in [0.4, 0.5) is 0 Å². The number of carbonyl (C=O) groups excluding carboxylic acids is 1. The predicted molar refractivity (Wildman–Crippen MR) is 133 cm³/mol. The maximum absolute atomic E-state index is 13.8. The summed E-state index contributed by atoms with van der Waals surface area (Å²) in [7, 11) is 5.92. The molecule has 1 aliphatic heterocycles. The van der Waals surface area contributed by atoms with Crippen molar-refractivity contribution >= 4 is 35.0 Å². The molecule has 3 aromatic rings. The molecule has 0 bridgehead atoms. The molecular formula is C25H23ClN2O6S. The number of benzene rings is 2. The first-order chi connectivity index (χ1) is 16.8. The maximum Gasteiger partial charge on any atom is 0.338 e. The molecule has 0 unspecified atom stereocenters. The number of carbonyl (C=O) groups is 1. The molecule has 182 valence electrons. The Morgan fingerprint density at radius 3 is 2.43 bits per heavy atom. The molecular weight excluding hydrogens is 492 g/mol. The Morgan fingerprint density at radius 2 is 1.77 bits per heavy atom. The number of fused-ring (bicyclic) bond motifs is 1. The van der Waals surface area contributed by atoms with E-state index in [0.29, 0.717) is 48.4 Å². The summed E-state index contributed by atoms with van der Waals surface area (Å²) in [5.41, 5.74) is 1.54. The number of nitrogens with zero attached hydrogens (tertiary/aromatic N) is 2. The van der Waals surface area contributed by atoms with Crippen molar-refractivity contribution in [1.82, 2.24) is 4.57 Å². The summed E-state index contributed by atoms with van der Waals surface area (Å²) >= 11 is 7.51. The Labute approximate surface area is 210 Å². The van der Waals surface area contributed by atoms with Gasteiger partial charge in [0.15, 0.2) is 4.80 Å². The van der Waals surface area contributed by atoms with Crippen LogP contribution in [0.3, 0.4) is 0 Å². The zero-order chi connectivity index (χ0) is 25.3. The molecule has 0 saturated heterocycles. The molecule has 4 rings (SSSR count). The minimum absolute atomic E-state index is 0.228. The number of methoxy groups -OCH3 is 4. The van der Waals surface area contributed by atoms with E-state index in [9.17, 15) is 9.59 Å². The fourth-order valence-electron chi connectivity index (χ4n) is 4.00. The van der Waals surface area contributed by atoms with E-state index in [1.165, 1.54) is 30.1 Å². The molecule has 0 spiro atoms. The molecule has 1 aliphatic rings. The Morgan fingerprint density at radius 1 is 1.06 bits per heavy atom. The number of ether oxygens (including phenoxy) is 4. The van der Waals surface area contributed by atoms with Crippen molar-refractivity contribution in [3.63, 3.8) is 0 Å². The second-order valence-electron chi connectivity index (χ2n) is 7.57. The molecule has 2 heterocycles. The molecule has 35 heavy (non-hydrogen) atoms. The predicted octanol–water partition coefficient (Wildman–Crippen LogP) is 3.09. The highest BCUT2D eigenvalue weighted by Crippen LogP contribution is 2.37. The Hall–Kier alpha value is -3.56. The lowest BCUT2D eigenvalue weighted by molar-refractivity contribution is -0.136. The fraction of sp³-hybridized carbons (Fsp3) is 0.240. The zero-order valence-corrected chi connectivity index (χ0v) is 21.3. The molecule has 1 atom stereocenters. The van der Waals surface area contributed by atoms with E-state index in [0.717, 1.165) is 0 Å². The average Bonchev–Trinajstić information content (AvgIpc) is 3.16. The number of halogens is 1. The average molecular weight is 515 g/mol. The van der Waals surface area contributed by atoms with Gasteiger partial charge in [0.25, 0.3) is 5.56 Å². The topological polar surface area (TPSA) is 88.4 Å². The van der Waals surface area contributed by atoms with Gasteiger partial charge in [-0.15, -0.1) is 0 Å². The van der Waals surface area contributed by atoms with Crippen LogP contribution in [-0.2, 0) is 9.53 Å². The van der Waals surface area contributed by atoms with E-state index in [-0.39, 0.29) is 11.1 Å². The summed E-state index contributed by atoms with van der Waals surface area (Å²) in [5, 5.41) is 0.433. The minimum atomic E-state index is -0.846. The van der Waals surface area contributed by atoms with Crippen molar-refractivity contribution < 1.29 is 23.7 Å². The summed E-state index contributed by atoms with van der Waals surface area (Å²) in [6.45, 7) is 1.71. The number of allylic oxidation sites excluding steroid dienone is 1. The first-order valence-corrected chi connectivity index (χ1v) is 11.7. The summed E-state index contributed by atoms with van der Waals surface area (Å²) in [4.78, 5) is 31.6. The summed E-state index contributed by atoms with van der Waals surface area (Å²) in [6, 6.07) is 9.52. The van der Waals surface area contributed by atoms with E-state index < -0.39 is 12.0 Å². The molecule has 0 amide bonds. The largest absolute Gasteiger partial charge is 0.497 e.